The Kier molecular flexibility index (Phi) is 8.84. The fourth-order valence-electron chi connectivity index (χ4n) is 0.908. The third-order valence-electron chi connectivity index (χ3n) is 1.76. The number of esters is 1. The number of carbonyl (C=O) groups excluding carboxylic acids is 1. The van der Waals surface area contributed by atoms with E-state index in [-0.39, 0.29) is 5.97 Å². The zero-order valence-electron chi connectivity index (χ0n) is 9.17. The van der Waals surface area contributed by atoms with E-state index in [1.165, 1.54) is 25.7 Å². The Morgan fingerprint density at radius 3 is 2.64 bits per heavy atom. The summed E-state index contributed by atoms with van der Waals surface area (Å²) in [4.78, 5) is 10.9. The number of thioether (sulfide) groups is 1. The summed E-state index contributed by atoms with van der Waals surface area (Å²) in [6, 6.07) is 0. The summed E-state index contributed by atoms with van der Waals surface area (Å²) >= 11 is 1.67. The lowest BCUT2D eigenvalue weighted by Gasteiger charge is -2.03. The van der Waals surface area contributed by atoms with E-state index in [0.717, 1.165) is 5.75 Å². The van der Waals surface area contributed by atoms with Crippen molar-refractivity contribution in [1.82, 2.24) is 0 Å². The lowest BCUT2D eigenvalue weighted by Crippen LogP contribution is -2.04. The molecule has 2 nitrogen and oxygen atoms in total. The van der Waals surface area contributed by atoms with Gasteiger partial charge in [-0.05, 0) is 19.1 Å². The molecule has 0 saturated carbocycles. The van der Waals surface area contributed by atoms with Gasteiger partial charge in [0.1, 0.15) is 5.94 Å². The molecule has 14 heavy (non-hydrogen) atoms. The molecular weight excluding hydrogens is 196 g/mol. The molecule has 0 atom stereocenters. The van der Waals surface area contributed by atoms with Crippen LogP contribution in [0.15, 0.2) is 12.2 Å². The quantitative estimate of drug-likeness (QED) is 0.269. The van der Waals surface area contributed by atoms with Crippen molar-refractivity contribution >= 4 is 17.7 Å². The molecule has 0 rings (SSSR count). The van der Waals surface area contributed by atoms with Crippen LogP contribution in [-0.4, -0.2) is 17.7 Å². The van der Waals surface area contributed by atoms with Crippen molar-refractivity contribution < 1.29 is 9.53 Å². The van der Waals surface area contributed by atoms with Crippen molar-refractivity contribution in [3.63, 3.8) is 0 Å². The van der Waals surface area contributed by atoms with Crippen LogP contribution in [0.5, 0.6) is 0 Å². The molecule has 0 aliphatic heterocycles. The molecule has 3 heteroatoms. The highest BCUT2D eigenvalue weighted by atomic mass is 32.2. The van der Waals surface area contributed by atoms with Gasteiger partial charge >= 0.3 is 5.97 Å². The van der Waals surface area contributed by atoms with E-state index in [0.29, 0.717) is 11.5 Å². The third kappa shape index (κ3) is 8.17. The molecule has 0 aliphatic carbocycles. The van der Waals surface area contributed by atoms with E-state index in [9.17, 15) is 4.79 Å². The Morgan fingerprint density at radius 2 is 2.07 bits per heavy atom. The maximum atomic E-state index is 10.9. The zero-order valence-corrected chi connectivity index (χ0v) is 9.99. The van der Waals surface area contributed by atoms with E-state index >= 15 is 0 Å². The molecule has 0 spiro atoms. The van der Waals surface area contributed by atoms with Crippen molar-refractivity contribution in [1.29, 1.82) is 0 Å². The molecule has 0 N–H and O–H groups in total. The minimum atomic E-state index is -0.286. The predicted octanol–water partition coefficient (Wildman–Crippen LogP) is 3.38. The zero-order chi connectivity index (χ0) is 10.8. The monoisotopic (exact) mass is 216 g/mol. The number of unbranched alkanes of at least 4 members (excludes halogenated alkanes) is 3. The van der Waals surface area contributed by atoms with Crippen LogP contribution in [0.3, 0.4) is 0 Å². The SMILES string of the molecule is C=C(C)C(=O)OCSCCCCCC. The van der Waals surface area contributed by atoms with Gasteiger partial charge in [-0.2, -0.15) is 0 Å². The normalized spacial score (nSPS) is 9.86. The summed E-state index contributed by atoms with van der Waals surface area (Å²) in [5.74, 6) is 1.24. The molecule has 0 saturated heterocycles. The van der Waals surface area contributed by atoms with Crippen molar-refractivity contribution in [3.05, 3.63) is 12.2 Å². The first kappa shape index (κ1) is 13.6. The van der Waals surface area contributed by atoms with Gasteiger partial charge in [-0.3, -0.25) is 0 Å². The van der Waals surface area contributed by atoms with E-state index in [2.05, 4.69) is 13.5 Å². The van der Waals surface area contributed by atoms with E-state index in [1.54, 1.807) is 18.7 Å². The second kappa shape index (κ2) is 9.13. The minimum absolute atomic E-state index is 0.286. The number of rotatable bonds is 8. The Balaban J connectivity index is 3.13. The van der Waals surface area contributed by atoms with Crippen molar-refractivity contribution in [2.45, 2.75) is 39.5 Å². The Hall–Kier alpha value is -0.440. The molecule has 0 fully saturated rings. The van der Waals surface area contributed by atoms with Crippen LogP contribution in [0.2, 0.25) is 0 Å². The van der Waals surface area contributed by atoms with Crippen molar-refractivity contribution in [3.8, 4) is 0 Å². The molecule has 0 aromatic carbocycles. The van der Waals surface area contributed by atoms with Gasteiger partial charge in [0.05, 0.1) is 0 Å². The van der Waals surface area contributed by atoms with Crippen molar-refractivity contribution in [2.75, 3.05) is 11.7 Å². The minimum Gasteiger partial charge on any atom is -0.451 e. The molecule has 0 aromatic rings. The Labute approximate surface area is 91.1 Å². The molecular formula is C11H20O2S. The first-order chi connectivity index (χ1) is 6.68. The predicted molar refractivity (Wildman–Crippen MR) is 62.4 cm³/mol. The summed E-state index contributed by atoms with van der Waals surface area (Å²) in [5.41, 5.74) is 0.469. The fourth-order valence-corrected chi connectivity index (χ4v) is 1.62. The van der Waals surface area contributed by atoms with E-state index < -0.39 is 0 Å². The average molecular weight is 216 g/mol. The van der Waals surface area contributed by atoms with Gasteiger partial charge in [-0.15, -0.1) is 11.8 Å². The molecule has 0 aromatic heterocycles. The largest absolute Gasteiger partial charge is 0.451 e. The maximum Gasteiger partial charge on any atom is 0.333 e. The van der Waals surface area contributed by atoms with E-state index in [1.807, 2.05) is 0 Å². The van der Waals surface area contributed by atoms with Gasteiger partial charge < -0.3 is 4.74 Å². The second-order valence-electron chi connectivity index (χ2n) is 3.30. The van der Waals surface area contributed by atoms with Crippen LogP contribution < -0.4 is 0 Å². The lowest BCUT2D eigenvalue weighted by atomic mass is 10.2. The highest BCUT2D eigenvalue weighted by Gasteiger charge is 2.01. The molecule has 0 unspecified atom stereocenters. The average Bonchev–Trinajstić information content (AvgIpc) is 2.16. The van der Waals surface area contributed by atoms with Crippen LogP contribution in [-0.2, 0) is 9.53 Å². The van der Waals surface area contributed by atoms with Gasteiger partial charge in [-0.1, -0.05) is 32.8 Å². The Morgan fingerprint density at radius 1 is 1.36 bits per heavy atom. The van der Waals surface area contributed by atoms with Crippen LogP contribution in [0, 0.1) is 0 Å². The van der Waals surface area contributed by atoms with Crippen LogP contribution in [0.25, 0.3) is 0 Å². The second-order valence-corrected chi connectivity index (χ2v) is 4.35. The lowest BCUT2D eigenvalue weighted by molar-refractivity contribution is -0.136. The summed E-state index contributed by atoms with van der Waals surface area (Å²) < 4.78 is 4.93. The van der Waals surface area contributed by atoms with Gasteiger partial charge in [0.25, 0.3) is 0 Å². The van der Waals surface area contributed by atoms with Crippen LogP contribution in [0.4, 0.5) is 0 Å². The number of hydrogen-bond donors (Lipinski definition) is 0. The highest BCUT2D eigenvalue weighted by Crippen LogP contribution is 2.08. The van der Waals surface area contributed by atoms with Crippen molar-refractivity contribution in [2.24, 2.45) is 0 Å². The van der Waals surface area contributed by atoms with E-state index in [4.69, 9.17) is 4.74 Å². The number of hydrogen-bond acceptors (Lipinski definition) is 3. The Bertz CT molecular complexity index is 178. The van der Waals surface area contributed by atoms with Gasteiger partial charge in [0.2, 0.25) is 0 Å². The maximum absolute atomic E-state index is 10.9. The summed E-state index contributed by atoms with van der Waals surface area (Å²) in [7, 11) is 0. The fraction of sp³-hybridized carbons (Fsp3) is 0.727. The molecule has 0 radical (unpaired) electrons. The smallest absolute Gasteiger partial charge is 0.333 e. The van der Waals surface area contributed by atoms with Gasteiger partial charge in [0, 0.05) is 5.57 Å². The first-order valence-corrected chi connectivity index (χ1v) is 6.24. The summed E-state index contributed by atoms with van der Waals surface area (Å²) in [5, 5.41) is 0. The third-order valence-corrected chi connectivity index (χ3v) is 2.63. The molecule has 0 amide bonds. The molecule has 82 valence electrons. The summed E-state index contributed by atoms with van der Waals surface area (Å²) in [6.45, 7) is 7.37. The molecule has 0 heterocycles. The number of carbonyl (C=O) groups is 1. The van der Waals surface area contributed by atoms with Gasteiger partial charge in [-0.25, -0.2) is 4.79 Å². The van der Waals surface area contributed by atoms with Crippen LogP contribution >= 0.6 is 11.8 Å². The summed E-state index contributed by atoms with van der Waals surface area (Å²) in [6.07, 6.45) is 5.04. The topological polar surface area (TPSA) is 26.3 Å². The van der Waals surface area contributed by atoms with Gasteiger partial charge in [0.15, 0.2) is 0 Å². The van der Waals surface area contributed by atoms with Crippen LogP contribution in [0.1, 0.15) is 39.5 Å². The first-order valence-electron chi connectivity index (χ1n) is 5.08. The molecule has 0 bridgehead atoms. The standard InChI is InChI=1S/C11H20O2S/c1-4-5-6-7-8-14-9-13-11(12)10(2)3/h2,4-9H2,1,3H3. The molecule has 0 aliphatic rings. The highest BCUT2D eigenvalue weighted by molar-refractivity contribution is 7.99. The number of ether oxygens (including phenoxy) is 1.